The van der Waals surface area contributed by atoms with Gasteiger partial charge >= 0.3 is 0 Å². The summed E-state index contributed by atoms with van der Waals surface area (Å²) in [5, 5.41) is 19.4. The summed E-state index contributed by atoms with van der Waals surface area (Å²) >= 11 is 6.68. The van der Waals surface area contributed by atoms with Crippen molar-refractivity contribution >= 4 is 45.2 Å². The topological polar surface area (TPSA) is 84.2 Å². The molecule has 25 heavy (non-hydrogen) atoms. The molecule has 0 aliphatic carbocycles. The van der Waals surface area contributed by atoms with Crippen molar-refractivity contribution in [3.8, 4) is 10.6 Å². The van der Waals surface area contributed by atoms with Gasteiger partial charge in [-0.1, -0.05) is 44.2 Å². The average Bonchev–Trinajstić information content (AvgIpc) is 3.09. The summed E-state index contributed by atoms with van der Waals surface area (Å²) in [4.78, 5) is 12.7. The van der Waals surface area contributed by atoms with Gasteiger partial charge in [-0.15, -0.1) is 10.2 Å². The molecule has 1 amide bonds. The molecule has 0 atom stereocenters. The Kier molecular flexibility index (Phi) is 4.53. The molecule has 0 bridgehead atoms. The van der Waals surface area contributed by atoms with Crippen molar-refractivity contribution in [3.63, 3.8) is 0 Å². The number of benzene rings is 1. The SMILES string of the molecule is Cc1nnc2sc(-c3cccc(NC(=S)NC(=O)C(C)(C)C)c3)nn12. The van der Waals surface area contributed by atoms with Gasteiger partial charge in [-0.05, 0) is 31.3 Å². The maximum atomic E-state index is 12.0. The van der Waals surface area contributed by atoms with E-state index in [0.29, 0.717) is 0 Å². The van der Waals surface area contributed by atoms with Crippen molar-refractivity contribution < 1.29 is 4.79 Å². The van der Waals surface area contributed by atoms with E-state index in [-0.39, 0.29) is 11.0 Å². The van der Waals surface area contributed by atoms with Crippen LogP contribution in [0, 0.1) is 12.3 Å². The second-order valence-corrected chi connectivity index (χ2v) is 7.95. The Morgan fingerprint density at radius 3 is 2.72 bits per heavy atom. The number of amides is 1. The molecule has 3 aromatic rings. The van der Waals surface area contributed by atoms with Gasteiger partial charge in [0.15, 0.2) is 10.9 Å². The number of hydrogen-bond donors (Lipinski definition) is 2. The van der Waals surface area contributed by atoms with E-state index in [1.807, 2.05) is 52.0 Å². The molecule has 0 aliphatic rings. The number of hydrogen-bond acceptors (Lipinski definition) is 6. The summed E-state index contributed by atoms with van der Waals surface area (Å²) in [6, 6.07) is 7.67. The van der Waals surface area contributed by atoms with Gasteiger partial charge in [0.25, 0.3) is 0 Å². The lowest BCUT2D eigenvalue weighted by Gasteiger charge is -2.18. The Hall–Kier alpha value is -2.39. The standard InChI is InChI=1S/C16H18N6OS2/c1-9-19-20-15-22(9)21-12(25-15)10-6-5-7-11(8-10)17-14(24)18-13(23)16(2,3)4/h5-8H,1-4H3,(H2,17,18,23,24). The number of fused-ring (bicyclic) bond motifs is 1. The third-order valence-electron chi connectivity index (χ3n) is 3.42. The van der Waals surface area contributed by atoms with Crippen molar-refractivity contribution in [1.82, 2.24) is 25.1 Å². The zero-order valence-electron chi connectivity index (χ0n) is 14.3. The number of thiocarbonyl (C=S) groups is 1. The van der Waals surface area contributed by atoms with Crippen LogP contribution in [0.2, 0.25) is 0 Å². The van der Waals surface area contributed by atoms with E-state index >= 15 is 0 Å². The molecule has 2 aromatic heterocycles. The van der Waals surface area contributed by atoms with Crippen LogP contribution in [0.4, 0.5) is 5.69 Å². The third kappa shape index (κ3) is 3.83. The largest absolute Gasteiger partial charge is 0.332 e. The first-order chi connectivity index (χ1) is 11.7. The molecular weight excluding hydrogens is 356 g/mol. The number of rotatable bonds is 2. The lowest BCUT2D eigenvalue weighted by molar-refractivity contribution is -0.126. The van der Waals surface area contributed by atoms with Crippen LogP contribution in [0.1, 0.15) is 26.6 Å². The Bertz CT molecular complexity index is 953. The zero-order valence-corrected chi connectivity index (χ0v) is 16.0. The number of nitrogens with zero attached hydrogens (tertiary/aromatic N) is 4. The van der Waals surface area contributed by atoms with Crippen molar-refractivity contribution in [1.29, 1.82) is 0 Å². The minimum atomic E-state index is -0.505. The molecule has 1 aromatic carbocycles. The van der Waals surface area contributed by atoms with E-state index in [9.17, 15) is 4.79 Å². The van der Waals surface area contributed by atoms with Gasteiger partial charge in [-0.2, -0.15) is 9.61 Å². The molecule has 9 heteroatoms. The quantitative estimate of drug-likeness (QED) is 0.671. The molecule has 0 fully saturated rings. The average molecular weight is 374 g/mol. The van der Waals surface area contributed by atoms with E-state index in [2.05, 4.69) is 25.9 Å². The molecule has 0 spiro atoms. The zero-order chi connectivity index (χ0) is 18.2. The van der Waals surface area contributed by atoms with Gasteiger partial charge in [-0.25, -0.2) is 0 Å². The number of anilines is 1. The van der Waals surface area contributed by atoms with E-state index < -0.39 is 5.41 Å². The maximum Gasteiger partial charge on any atom is 0.234 e. The van der Waals surface area contributed by atoms with Crippen LogP contribution in [0.15, 0.2) is 24.3 Å². The highest BCUT2D eigenvalue weighted by Crippen LogP contribution is 2.27. The lowest BCUT2D eigenvalue weighted by atomic mass is 9.96. The minimum absolute atomic E-state index is 0.134. The van der Waals surface area contributed by atoms with Gasteiger partial charge in [0.1, 0.15) is 5.01 Å². The molecule has 2 heterocycles. The molecule has 2 N–H and O–H groups in total. The van der Waals surface area contributed by atoms with Crippen molar-refractivity contribution in [2.24, 2.45) is 5.41 Å². The van der Waals surface area contributed by atoms with Crippen molar-refractivity contribution in [3.05, 3.63) is 30.1 Å². The van der Waals surface area contributed by atoms with Crippen LogP contribution in [0.3, 0.4) is 0 Å². The molecule has 3 rings (SSSR count). The highest BCUT2D eigenvalue weighted by Gasteiger charge is 2.22. The fraction of sp³-hybridized carbons (Fsp3) is 0.312. The number of aryl methyl sites for hydroxylation is 1. The summed E-state index contributed by atoms with van der Waals surface area (Å²) in [5.74, 6) is 0.614. The van der Waals surface area contributed by atoms with Crippen LogP contribution >= 0.6 is 23.6 Å². The molecule has 0 unspecified atom stereocenters. The van der Waals surface area contributed by atoms with E-state index in [1.165, 1.54) is 11.3 Å². The number of carbonyl (C=O) groups is 1. The molecule has 130 valence electrons. The van der Waals surface area contributed by atoms with E-state index in [0.717, 1.165) is 27.0 Å². The van der Waals surface area contributed by atoms with Crippen LogP contribution in [-0.4, -0.2) is 30.8 Å². The summed E-state index contributed by atoms with van der Waals surface area (Å²) in [6.45, 7) is 7.36. The van der Waals surface area contributed by atoms with Gasteiger partial charge in [0.05, 0.1) is 0 Å². The second-order valence-electron chi connectivity index (χ2n) is 6.59. The molecule has 7 nitrogen and oxygen atoms in total. The Balaban J connectivity index is 1.77. The van der Waals surface area contributed by atoms with Crippen LogP contribution in [-0.2, 0) is 4.79 Å². The van der Waals surface area contributed by atoms with Gasteiger partial charge in [0, 0.05) is 16.7 Å². The first-order valence-electron chi connectivity index (χ1n) is 7.66. The first kappa shape index (κ1) is 17.4. The Morgan fingerprint density at radius 1 is 1.28 bits per heavy atom. The summed E-state index contributed by atoms with van der Waals surface area (Å²) < 4.78 is 1.72. The third-order valence-corrected chi connectivity index (χ3v) is 4.57. The van der Waals surface area contributed by atoms with Crippen molar-refractivity contribution in [2.75, 3.05) is 5.32 Å². The molecule has 0 radical (unpaired) electrons. The predicted molar refractivity (Wildman–Crippen MR) is 103 cm³/mol. The van der Waals surface area contributed by atoms with Gasteiger partial charge < -0.3 is 10.6 Å². The smallest absolute Gasteiger partial charge is 0.234 e. The summed E-state index contributed by atoms with van der Waals surface area (Å²) in [5.41, 5.74) is 1.21. The van der Waals surface area contributed by atoms with Crippen molar-refractivity contribution in [2.45, 2.75) is 27.7 Å². The highest BCUT2D eigenvalue weighted by molar-refractivity contribution is 7.80. The normalized spacial score (nSPS) is 11.5. The molecule has 0 saturated carbocycles. The Morgan fingerprint density at radius 2 is 2.04 bits per heavy atom. The van der Waals surface area contributed by atoms with Crippen LogP contribution < -0.4 is 10.6 Å². The second kappa shape index (κ2) is 6.49. The molecule has 0 saturated heterocycles. The Labute approximate surface area is 154 Å². The number of carbonyl (C=O) groups excluding carboxylic acids is 1. The monoisotopic (exact) mass is 374 g/mol. The minimum Gasteiger partial charge on any atom is -0.332 e. The first-order valence-corrected chi connectivity index (χ1v) is 8.88. The van der Waals surface area contributed by atoms with E-state index in [1.54, 1.807) is 4.52 Å². The fourth-order valence-electron chi connectivity index (χ4n) is 2.01. The van der Waals surface area contributed by atoms with Gasteiger partial charge in [-0.3, -0.25) is 4.79 Å². The molecule has 0 aliphatic heterocycles. The lowest BCUT2D eigenvalue weighted by Crippen LogP contribution is -2.41. The van der Waals surface area contributed by atoms with E-state index in [4.69, 9.17) is 12.2 Å². The maximum absolute atomic E-state index is 12.0. The summed E-state index contributed by atoms with van der Waals surface area (Å²) in [7, 11) is 0. The highest BCUT2D eigenvalue weighted by atomic mass is 32.1. The van der Waals surface area contributed by atoms with Crippen LogP contribution in [0.5, 0.6) is 0 Å². The van der Waals surface area contributed by atoms with Gasteiger partial charge in [0.2, 0.25) is 10.9 Å². The van der Waals surface area contributed by atoms with Crippen LogP contribution in [0.25, 0.3) is 15.5 Å². The number of nitrogens with one attached hydrogen (secondary N) is 2. The predicted octanol–water partition coefficient (Wildman–Crippen LogP) is 3.02. The molecular formula is C16H18N6OS2. The summed E-state index contributed by atoms with van der Waals surface area (Å²) in [6.07, 6.45) is 0. The fourth-order valence-corrected chi connectivity index (χ4v) is 3.11. The number of aromatic nitrogens is 4.